The molecule has 1 aromatic carbocycles. The Balaban J connectivity index is 0.00000506. The molecule has 43 heavy (non-hydrogen) atoms. The topological polar surface area (TPSA) is 163 Å². The van der Waals surface area contributed by atoms with E-state index in [1.807, 2.05) is 39.5 Å². The maximum Gasteiger partial charge on any atom is 0.286 e. The number of amidine groups is 1. The summed E-state index contributed by atoms with van der Waals surface area (Å²) in [4.78, 5) is 15.9. The molecular weight excluding hydrogens is 613 g/mol. The Kier molecular flexibility index (Phi) is 10.5. The van der Waals surface area contributed by atoms with Crippen molar-refractivity contribution >= 4 is 48.6 Å². The molecule has 0 radical (unpaired) electrons. The third-order valence-electron chi connectivity index (χ3n) is 6.76. The van der Waals surface area contributed by atoms with Crippen LogP contribution in [0.3, 0.4) is 0 Å². The molecule has 236 valence electrons. The summed E-state index contributed by atoms with van der Waals surface area (Å²) in [7, 11) is -8.15. The first kappa shape index (κ1) is 34.2. The molecule has 0 amide bonds. The number of hydrogen-bond acceptors (Lipinski definition) is 10. The van der Waals surface area contributed by atoms with Crippen molar-refractivity contribution < 1.29 is 21.9 Å². The number of fused-ring (bicyclic) bond motifs is 1. The monoisotopic (exact) mass is 652 g/mol. The number of nitrogens with one attached hydrogen (secondary N) is 2. The van der Waals surface area contributed by atoms with Crippen molar-refractivity contribution in [2.75, 3.05) is 35.4 Å². The highest BCUT2D eigenvalue weighted by molar-refractivity contribution is 7.92. The maximum absolute atomic E-state index is 13.6. The molecule has 3 N–H and O–H groups in total. The predicted molar refractivity (Wildman–Crippen MR) is 173 cm³/mol. The van der Waals surface area contributed by atoms with Crippen LogP contribution in [0.15, 0.2) is 49.8 Å². The zero-order valence-corrected chi connectivity index (χ0v) is 26.7. The van der Waals surface area contributed by atoms with Gasteiger partial charge in [0.15, 0.2) is 11.6 Å². The lowest BCUT2D eigenvalue weighted by Crippen LogP contribution is -2.34. The maximum atomic E-state index is 13.6. The van der Waals surface area contributed by atoms with E-state index in [9.17, 15) is 26.7 Å². The van der Waals surface area contributed by atoms with Gasteiger partial charge in [0.1, 0.15) is 16.2 Å². The third kappa shape index (κ3) is 8.02. The van der Waals surface area contributed by atoms with E-state index >= 15 is 0 Å². The molecule has 2 aromatic heterocycles. The first-order valence-electron chi connectivity index (χ1n) is 13.5. The number of nitrogens with zero attached hydrogens (tertiary/aromatic N) is 4. The lowest BCUT2D eigenvalue weighted by molar-refractivity contribution is 0.322. The Hall–Kier alpha value is -3.27. The van der Waals surface area contributed by atoms with Crippen LogP contribution in [0.4, 0.5) is 11.4 Å². The molecule has 0 spiro atoms. The summed E-state index contributed by atoms with van der Waals surface area (Å²) in [6.45, 7) is 11.9. The van der Waals surface area contributed by atoms with Crippen molar-refractivity contribution in [3.8, 4) is 16.3 Å². The van der Waals surface area contributed by atoms with E-state index in [0.717, 1.165) is 0 Å². The molecule has 0 aliphatic carbocycles. The first-order valence-corrected chi connectivity index (χ1v) is 17.5. The fourth-order valence-electron chi connectivity index (χ4n) is 4.30. The van der Waals surface area contributed by atoms with E-state index < -0.39 is 31.4 Å². The van der Waals surface area contributed by atoms with Gasteiger partial charge >= 0.3 is 0 Å². The predicted octanol–water partition coefficient (Wildman–Crippen LogP) is 4.39. The Morgan fingerprint density at radius 3 is 2.47 bits per heavy atom. The fourth-order valence-corrected chi connectivity index (χ4v) is 7.24. The first-order chi connectivity index (χ1) is 19.6. The Labute approximate surface area is 257 Å². The Morgan fingerprint density at radius 1 is 1.16 bits per heavy atom. The lowest BCUT2D eigenvalue weighted by Gasteiger charge is -2.22. The smallest absolute Gasteiger partial charge is 0.286 e. The molecule has 0 bridgehead atoms. The molecule has 0 fully saturated rings. The van der Waals surface area contributed by atoms with Gasteiger partial charge in [0.25, 0.3) is 15.6 Å². The molecule has 12 nitrogen and oxygen atoms in total. The number of aryl methyl sites for hydroxylation is 1. The van der Waals surface area contributed by atoms with Gasteiger partial charge in [0, 0.05) is 18.8 Å². The van der Waals surface area contributed by atoms with Crippen LogP contribution in [0.25, 0.3) is 10.6 Å². The summed E-state index contributed by atoms with van der Waals surface area (Å²) in [5.74, 6) is -0.992. The summed E-state index contributed by atoms with van der Waals surface area (Å²) in [6, 6.07) is 7.50. The van der Waals surface area contributed by atoms with E-state index in [1.165, 1.54) is 34.2 Å². The minimum absolute atomic E-state index is 0. The van der Waals surface area contributed by atoms with Gasteiger partial charge in [-0.3, -0.25) is 9.52 Å². The number of anilines is 2. The van der Waals surface area contributed by atoms with Crippen LogP contribution in [0.5, 0.6) is 5.75 Å². The fraction of sp³-hybridized carbons (Fsp3) is 0.464. The molecule has 3 heterocycles. The third-order valence-corrected chi connectivity index (χ3v) is 10.2. The molecule has 3 aromatic rings. The van der Waals surface area contributed by atoms with E-state index in [0.29, 0.717) is 30.9 Å². The summed E-state index contributed by atoms with van der Waals surface area (Å²) in [6.07, 6.45) is 0.600. The van der Waals surface area contributed by atoms with Crippen LogP contribution < -0.4 is 15.6 Å². The van der Waals surface area contributed by atoms with Gasteiger partial charge in [-0.05, 0) is 54.6 Å². The number of aromatic nitrogens is 2. The number of rotatable bonds is 11. The Bertz CT molecular complexity index is 1760. The number of hydrogen-bond donors (Lipinski definition) is 3. The van der Waals surface area contributed by atoms with Gasteiger partial charge in [-0.15, -0.1) is 15.7 Å². The van der Waals surface area contributed by atoms with Crippen LogP contribution in [0.2, 0.25) is 0 Å². The molecule has 0 saturated heterocycles. The zero-order chi connectivity index (χ0) is 30.9. The summed E-state index contributed by atoms with van der Waals surface area (Å²) >= 11 is 1.31. The van der Waals surface area contributed by atoms with Gasteiger partial charge < -0.3 is 15.3 Å². The SMILES string of the molecule is C.CCN(CC)CCS(=O)(=O)Nc1ccc2c(c1)S(=O)(=O)N=C(c1c(O)c(-c3cccs3)nn(CCC(C)(C)C)c1=O)N2. The van der Waals surface area contributed by atoms with Crippen molar-refractivity contribution in [1.29, 1.82) is 0 Å². The van der Waals surface area contributed by atoms with Gasteiger partial charge in [-0.1, -0.05) is 48.1 Å². The molecule has 1 aliphatic rings. The number of benzene rings is 1. The average Bonchev–Trinajstić information content (AvgIpc) is 3.43. The zero-order valence-electron chi connectivity index (χ0n) is 24.2. The molecule has 0 unspecified atom stereocenters. The van der Waals surface area contributed by atoms with Crippen LogP contribution in [-0.4, -0.2) is 67.8 Å². The minimum Gasteiger partial charge on any atom is -0.505 e. The van der Waals surface area contributed by atoms with Gasteiger partial charge in [0.2, 0.25) is 10.0 Å². The summed E-state index contributed by atoms with van der Waals surface area (Å²) in [5.41, 5.74) is -0.849. The highest BCUT2D eigenvalue weighted by atomic mass is 32.2. The number of sulfonamides is 2. The molecule has 4 rings (SSSR count). The number of aromatic hydroxyl groups is 1. The van der Waals surface area contributed by atoms with Crippen molar-refractivity contribution in [3.05, 3.63) is 51.6 Å². The van der Waals surface area contributed by atoms with Crippen molar-refractivity contribution in [3.63, 3.8) is 0 Å². The van der Waals surface area contributed by atoms with Crippen LogP contribution >= 0.6 is 11.3 Å². The molecular formula is C28H40N6O6S3. The second-order valence-corrected chi connectivity index (χ2v) is 15.4. The molecule has 15 heteroatoms. The highest BCUT2D eigenvalue weighted by Crippen LogP contribution is 2.36. The van der Waals surface area contributed by atoms with Crippen molar-refractivity contribution in [2.45, 2.75) is 59.9 Å². The van der Waals surface area contributed by atoms with Crippen molar-refractivity contribution in [2.24, 2.45) is 9.81 Å². The Morgan fingerprint density at radius 2 is 1.86 bits per heavy atom. The summed E-state index contributed by atoms with van der Waals surface area (Å²) < 4.78 is 59.5. The van der Waals surface area contributed by atoms with E-state index in [-0.39, 0.29) is 58.5 Å². The van der Waals surface area contributed by atoms with E-state index in [2.05, 4.69) is 19.5 Å². The summed E-state index contributed by atoms with van der Waals surface area (Å²) in [5, 5.41) is 20.3. The largest absolute Gasteiger partial charge is 0.505 e. The quantitative estimate of drug-likeness (QED) is 0.273. The van der Waals surface area contributed by atoms with E-state index in [1.54, 1.807) is 17.5 Å². The van der Waals surface area contributed by atoms with Crippen molar-refractivity contribution in [1.82, 2.24) is 14.7 Å². The lowest BCUT2D eigenvalue weighted by atomic mass is 9.92. The molecule has 0 saturated carbocycles. The van der Waals surface area contributed by atoms with Gasteiger partial charge in [0.05, 0.1) is 16.3 Å². The van der Waals surface area contributed by atoms with Crippen LogP contribution in [0, 0.1) is 5.41 Å². The van der Waals surface area contributed by atoms with Gasteiger partial charge in [-0.25, -0.2) is 13.1 Å². The van der Waals surface area contributed by atoms with Crippen LogP contribution in [-0.2, 0) is 26.6 Å². The average molecular weight is 653 g/mol. The van der Waals surface area contributed by atoms with Gasteiger partial charge in [-0.2, -0.15) is 13.5 Å². The molecule has 0 atom stereocenters. The standard InChI is InChI=1S/C27H36N6O6S3.CH4/c1-6-32(7-2)14-16-41(36,37)30-18-10-11-19-21(17-18)42(38,39)31-25(28-19)22-24(34)23(20-9-8-15-40-20)29-33(26(22)35)13-12-27(3,4)5;/h8-11,15,17,30,34H,6-7,12-14,16H2,1-5H3,(H,28,31);1H4. The number of thiophene rings is 1. The molecule has 1 aliphatic heterocycles. The van der Waals surface area contributed by atoms with E-state index in [4.69, 9.17) is 0 Å². The van der Waals surface area contributed by atoms with Crippen LogP contribution in [0.1, 0.15) is 54.0 Å². The normalized spacial score (nSPS) is 14.4. The minimum atomic E-state index is -4.39. The second kappa shape index (κ2) is 13.2. The second-order valence-electron chi connectivity index (χ2n) is 11.1. The highest BCUT2D eigenvalue weighted by Gasteiger charge is 2.31.